The molecule has 1 saturated heterocycles. The Balaban J connectivity index is 1.82. The number of ether oxygens (including phenoxy) is 2. The van der Waals surface area contributed by atoms with Crippen molar-refractivity contribution < 1.29 is 9.47 Å². The Bertz CT molecular complexity index is 440. The molecule has 1 N–H and O–H groups in total. The lowest BCUT2D eigenvalue weighted by atomic mass is 9.89. The van der Waals surface area contributed by atoms with Crippen LogP contribution in [0.15, 0.2) is 18.2 Å². The summed E-state index contributed by atoms with van der Waals surface area (Å²) in [5.41, 5.74) is 2.42. The van der Waals surface area contributed by atoms with Crippen molar-refractivity contribution in [3.05, 3.63) is 29.3 Å². The predicted octanol–water partition coefficient (Wildman–Crippen LogP) is 2.62. The highest BCUT2D eigenvalue weighted by atomic mass is 16.7. The molecule has 3 heteroatoms. The zero-order valence-electron chi connectivity index (χ0n) is 11.2. The van der Waals surface area contributed by atoms with Gasteiger partial charge in [-0.3, -0.25) is 0 Å². The number of fused-ring (bicyclic) bond motifs is 1. The molecule has 18 heavy (non-hydrogen) atoms. The lowest BCUT2D eigenvalue weighted by Gasteiger charge is -2.42. The molecule has 0 radical (unpaired) electrons. The molecule has 2 aliphatic rings. The molecule has 98 valence electrons. The molecule has 1 aromatic rings. The molecule has 0 saturated carbocycles. The lowest BCUT2D eigenvalue weighted by molar-refractivity contribution is -0.230. The molecular formula is C15H21NO2. The molecule has 3 nitrogen and oxygen atoms in total. The first kappa shape index (κ1) is 12.0. The summed E-state index contributed by atoms with van der Waals surface area (Å²) in [5, 5.41) is 3.39. The number of benzene rings is 1. The van der Waals surface area contributed by atoms with Crippen LogP contribution in [-0.2, 0) is 11.3 Å². The van der Waals surface area contributed by atoms with Crippen molar-refractivity contribution >= 4 is 0 Å². The number of piperidine rings is 1. The maximum atomic E-state index is 6.16. The average Bonchev–Trinajstić information content (AvgIpc) is 2.40. The topological polar surface area (TPSA) is 30.5 Å². The summed E-state index contributed by atoms with van der Waals surface area (Å²) in [4.78, 5) is 0. The predicted molar refractivity (Wildman–Crippen MR) is 70.6 cm³/mol. The van der Waals surface area contributed by atoms with E-state index in [1.54, 1.807) is 0 Å². The number of aryl methyl sites for hydroxylation is 1. The van der Waals surface area contributed by atoms with Crippen molar-refractivity contribution in [3.8, 4) is 5.75 Å². The van der Waals surface area contributed by atoms with Gasteiger partial charge in [0.25, 0.3) is 0 Å². The third-order valence-corrected chi connectivity index (χ3v) is 4.12. The number of nitrogens with one attached hydrogen (secondary N) is 1. The monoisotopic (exact) mass is 247 g/mol. The van der Waals surface area contributed by atoms with E-state index in [1.165, 1.54) is 11.1 Å². The normalized spacial score (nSPS) is 28.6. The summed E-state index contributed by atoms with van der Waals surface area (Å²) in [6.07, 6.45) is 2.25. The summed E-state index contributed by atoms with van der Waals surface area (Å²) in [6.45, 7) is 6.98. The van der Waals surface area contributed by atoms with Crippen LogP contribution in [0.2, 0.25) is 0 Å². The van der Waals surface area contributed by atoms with E-state index in [9.17, 15) is 0 Å². The third-order valence-electron chi connectivity index (χ3n) is 4.12. The van der Waals surface area contributed by atoms with E-state index in [0.29, 0.717) is 12.5 Å². The zero-order chi connectivity index (χ0) is 12.6. The summed E-state index contributed by atoms with van der Waals surface area (Å²) in [7, 11) is 0. The van der Waals surface area contributed by atoms with Gasteiger partial charge in [0.2, 0.25) is 5.79 Å². The smallest absolute Gasteiger partial charge is 0.210 e. The minimum absolute atomic E-state index is 0.454. The number of hydrogen-bond acceptors (Lipinski definition) is 3. The molecule has 0 spiro atoms. The van der Waals surface area contributed by atoms with Crippen molar-refractivity contribution in [1.82, 2.24) is 5.32 Å². The lowest BCUT2D eigenvalue weighted by Crippen LogP contribution is -2.49. The van der Waals surface area contributed by atoms with Crippen LogP contribution in [0.25, 0.3) is 0 Å². The van der Waals surface area contributed by atoms with Crippen molar-refractivity contribution in [2.45, 2.75) is 39.1 Å². The van der Waals surface area contributed by atoms with Crippen LogP contribution in [0.5, 0.6) is 5.75 Å². The van der Waals surface area contributed by atoms with Gasteiger partial charge in [0, 0.05) is 18.4 Å². The van der Waals surface area contributed by atoms with Crippen LogP contribution in [0.3, 0.4) is 0 Å². The Morgan fingerprint density at radius 1 is 1.28 bits per heavy atom. The van der Waals surface area contributed by atoms with Crippen molar-refractivity contribution in [2.75, 3.05) is 13.1 Å². The Morgan fingerprint density at radius 3 is 2.83 bits per heavy atom. The molecular weight excluding hydrogens is 226 g/mol. The highest BCUT2D eigenvalue weighted by molar-refractivity contribution is 5.37. The molecule has 2 heterocycles. The van der Waals surface area contributed by atoms with Crippen LogP contribution in [0.1, 0.15) is 30.9 Å². The summed E-state index contributed by atoms with van der Waals surface area (Å²) >= 11 is 0. The molecule has 1 aromatic carbocycles. The van der Waals surface area contributed by atoms with Gasteiger partial charge in [0.15, 0.2) is 0 Å². The van der Waals surface area contributed by atoms with Gasteiger partial charge in [-0.25, -0.2) is 0 Å². The summed E-state index contributed by atoms with van der Waals surface area (Å²) in [6, 6.07) is 6.33. The summed E-state index contributed by atoms with van der Waals surface area (Å²) in [5.74, 6) is 1.02. The second-order valence-corrected chi connectivity index (χ2v) is 5.54. The first-order valence-electron chi connectivity index (χ1n) is 6.80. The average molecular weight is 247 g/mol. The maximum Gasteiger partial charge on any atom is 0.210 e. The van der Waals surface area contributed by atoms with Crippen LogP contribution in [0.4, 0.5) is 0 Å². The molecule has 1 fully saturated rings. The largest absolute Gasteiger partial charge is 0.462 e. The van der Waals surface area contributed by atoms with Crippen LogP contribution in [0, 0.1) is 12.8 Å². The van der Waals surface area contributed by atoms with Gasteiger partial charge in [0.05, 0.1) is 6.61 Å². The first-order chi connectivity index (χ1) is 8.67. The Morgan fingerprint density at radius 2 is 2.06 bits per heavy atom. The van der Waals surface area contributed by atoms with Crippen LogP contribution < -0.4 is 10.1 Å². The second-order valence-electron chi connectivity index (χ2n) is 5.54. The van der Waals surface area contributed by atoms with Gasteiger partial charge in [-0.1, -0.05) is 17.7 Å². The van der Waals surface area contributed by atoms with Crippen molar-refractivity contribution in [1.29, 1.82) is 0 Å². The second kappa shape index (κ2) is 4.56. The molecule has 1 unspecified atom stereocenters. The van der Waals surface area contributed by atoms with Crippen molar-refractivity contribution in [3.63, 3.8) is 0 Å². The van der Waals surface area contributed by atoms with Gasteiger partial charge in [-0.05, 0) is 38.9 Å². The number of hydrogen-bond donors (Lipinski definition) is 1. The molecule has 2 aliphatic heterocycles. The summed E-state index contributed by atoms with van der Waals surface area (Å²) < 4.78 is 12.2. The highest BCUT2D eigenvalue weighted by Gasteiger charge is 2.41. The van der Waals surface area contributed by atoms with Gasteiger partial charge in [0.1, 0.15) is 5.75 Å². The van der Waals surface area contributed by atoms with Gasteiger partial charge in [-0.2, -0.15) is 0 Å². The maximum absolute atomic E-state index is 6.16. The van der Waals surface area contributed by atoms with E-state index in [1.807, 2.05) is 0 Å². The van der Waals surface area contributed by atoms with Gasteiger partial charge in [-0.15, -0.1) is 0 Å². The van der Waals surface area contributed by atoms with E-state index in [4.69, 9.17) is 9.47 Å². The van der Waals surface area contributed by atoms with E-state index >= 15 is 0 Å². The quantitative estimate of drug-likeness (QED) is 0.827. The fraction of sp³-hybridized carbons (Fsp3) is 0.600. The van der Waals surface area contributed by atoms with Crippen molar-refractivity contribution in [2.24, 2.45) is 5.92 Å². The van der Waals surface area contributed by atoms with E-state index < -0.39 is 5.79 Å². The number of rotatable bonds is 1. The Kier molecular flexibility index (Phi) is 3.04. The van der Waals surface area contributed by atoms with Crippen LogP contribution >= 0.6 is 0 Å². The molecule has 0 aliphatic carbocycles. The molecule has 0 amide bonds. The fourth-order valence-electron chi connectivity index (χ4n) is 2.94. The van der Waals surface area contributed by atoms with Gasteiger partial charge < -0.3 is 14.8 Å². The molecule has 1 atom stereocenters. The zero-order valence-corrected chi connectivity index (χ0v) is 11.2. The van der Waals surface area contributed by atoms with E-state index in [2.05, 4.69) is 37.4 Å². The van der Waals surface area contributed by atoms with Crippen LogP contribution in [-0.4, -0.2) is 18.9 Å². The minimum atomic E-state index is -0.454. The minimum Gasteiger partial charge on any atom is -0.462 e. The van der Waals surface area contributed by atoms with E-state index in [-0.39, 0.29) is 0 Å². The third kappa shape index (κ3) is 2.13. The Hall–Kier alpha value is -1.06. The SMILES string of the molecule is Cc1ccc2c(c1)COC(C)(C1CCNCC1)O2. The Labute approximate surface area is 108 Å². The fourth-order valence-corrected chi connectivity index (χ4v) is 2.94. The standard InChI is InChI=1S/C15H21NO2/c1-11-3-4-14-12(9-11)10-17-15(2,18-14)13-5-7-16-8-6-13/h3-4,9,13,16H,5-8,10H2,1-2H3. The molecule has 0 aromatic heterocycles. The molecule has 3 rings (SSSR count). The molecule has 0 bridgehead atoms. The van der Waals surface area contributed by atoms with Gasteiger partial charge >= 0.3 is 0 Å². The first-order valence-corrected chi connectivity index (χ1v) is 6.80. The van der Waals surface area contributed by atoms with E-state index in [0.717, 1.165) is 31.7 Å². The highest BCUT2D eigenvalue weighted by Crippen LogP contribution is 2.38.